The smallest absolute Gasteiger partial charge is 0.379 e. The average Bonchev–Trinajstić information content (AvgIpc) is 2.26. The lowest BCUT2D eigenvalue weighted by Crippen LogP contribution is -2.31. The van der Waals surface area contributed by atoms with Crippen LogP contribution in [-0.2, 0) is 6.54 Å². The van der Waals surface area contributed by atoms with Crippen LogP contribution in [0.3, 0.4) is 0 Å². The lowest BCUT2D eigenvalue weighted by molar-refractivity contribution is -0.143. The quantitative estimate of drug-likeness (QED) is 0.858. The van der Waals surface area contributed by atoms with Crippen LogP contribution in [0.2, 0.25) is 0 Å². The normalized spacial score (nSPS) is 11.3. The number of rotatable bonds is 4. The van der Waals surface area contributed by atoms with E-state index in [1.807, 2.05) is 19.9 Å². The monoisotopic (exact) mass is 339 g/mol. The van der Waals surface area contributed by atoms with E-state index >= 15 is 0 Å². The van der Waals surface area contributed by atoms with Gasteiger partial charge in [-0.05, 0) is 29.8 Å². The Kier molecular flexibility index (Phi) is 5.16. The van der Waals surface area contributed by atoms with Crippen molar-refractivity contribution in [1.29, 1.82) is 0 Å². The van der Waals surface area contributed by atoms with Crippen molar-refractivity contribution in [2.45, 2.75) is 26.6 Å². The summed E-state index contributed by atoms with van der Waals surface area (Å²) in [5.74, 6) is 0. The topological polar surface area (TPSA) is 46.9 Å². The summed E-state index contributed by atoms with van der Waals surface area (Å²) in [4.78, 5) is 11.7. The van der Waals surface area contributed by atoms with Crippen LogP contribution in [0.15, 0.2) is 27.1 Å². The predicted octanol–water partition coefficient (Wildman–Crippen LogP) is 2.95. The first kappa shape index (κ1) is 15.7. The Bertz CT molecular complexity index is 533. The van der Waals surface area contributed by atoms with Crippen LogP contribution in [0.25, 0.3) is 0 Å². The van der Waals surface area contributed by atoms with Crippen molar-refractivity contribution in [2.75, 3.05) is 11.9 Å². The zero-order chi connectivity index (χ0) is 14.6. The minimum atomic E-state index is -4.48. The van der Waals surface area contributed by atoms with Gasteiger partial charge in [-0.25, -0.2) is 4.68 Å². The molecule has 0 saturated carbocycles. The van der Waals surface area contributed by atoms with Crippen molar-refractivity contribution < 1.29 is 13.2 Å². The first-order chi connectivity index (χ1) is 8.70. The molecular weight excluding hydrogens is 327 g/mol. The number of nitrogens with zero attached hydrogens (tertiary/aromatic N) is 2. The van der Waals surface area contributed by atoms with Crippen LogP contribution in [0, 0.1) is 0 Å². The Labute approximate surface area is 116 Å². The second kappa shape index (κ2) is 6.23. The number of hydrogen-bond acceptors (Lipinski definition) is 3. The summed E-state index contributed by atoms with van der Waals surface area (Å²) in [6.45, 7) is 2.89. The minimum Gasteiger partial charge on any atom is -0.379 e. The Hall–Kier alpha value is -1.31. The van der Waals surface area contributed by atoms with E-state index in [1.54, 1.807) is 0 Å². The molecule has 0 aliphatic heterocycles. The van der Waals surface area contributed by atoms with Gasteiger partial charge in [-0.2, -0.15) is 18.3 Å². The van der Waals surface area contributed by atoms with E-state index in [0.29, 0.717) is 16.9 Å². The number of aromatic nitrogens is 2. The third kappa shape index (κ3) is 5.06. The van der Waals surface area contributed by atoms with Crippen molar-refractivity contribution in [1.82, 2.24) is 9.78 Å². The van der Waals surface area contributed by atoms with Gasteiger partial charge in [0.2, 0.25) is 0 Å². The van der Waals surface area contributed by atoms with E-state index in [0.717, 1.165) is 5.57 Å². The number of halogens is 4. The SMILES string of the molecule is CC(C)=CCNc1cnn(CC(F)(F)F)c(=O)c1Br. The number of allylic oxidation sites excluding steroid dienone is 1. The molecule has 0 fully saturated rings. The van der Waals surface area contributed by atoms with E-state index in [1.165, 1.54) is 6.20 Å². The van der Waals surface area contributed by atoms with Crippen molar-refractivity contribution in [3.05, 3.63) is 32.7 Å². The summed E-state index contributed by atoms with van der Waals surface area (Å²) in [5, 5.41) is 6.39. The Morgan fingerprint density at radius 2 is 2.16 bits per heavy atom. The van der Waals surface area contributed by atoms with E-state index < -0.39 is 18.3 Å². The zero-order valence-electron chi connectivity index (χ0n) is 10.4. The summed E-state index contributed by atoms with van der Waals surface area (Å²) in [6, 6.07) is 0. The van der Waals surface area contributed by atoms with Gasteiger partial charge in [0.15, 0.2) is 0 Å². The van der Waals surface area contributed by atoms with E-state index in [9.17, 15) is 18.0 Å². The molecule has 0 amide bonds. The van der Waals surface area contributed by atoms with Gasteiger partial charge in [0, 0.05) is 6.54 Å². The first-order valence-electron chi connectivity index (χ1n) is 5.40. The molecule has 0 atom stereocenters. The van der Waals surface area contributed by atoms with Crippen molar-refractivity contribution in [2.24, 2.45) is 0 Å². The molecule has 0 unspecified atom stereocenters. The lowest BCUT2D eigenvalue weighted by atomic mass is 10.3. The Balaban J connectivity index is 2.92. The van der Waals surface area contributed by atoms with E-state index in [-0.39, 0.29) is 4.47 Å². The highest BCUT2D eigenvalue weighted by Crippen LogP contribution is 2.19. The summed E-state index contributed by atoms with van der Waals surface area (Å²) in [6.07, 6.45) is -1.41. The molecule has 8 heteroatoms. The molecule has 1 aromatic rings. The third-order valence-electron chi connectivity index (χ3n) is 2.12. The average molecular weight is 340 g/mol. The van der Waals surface area contributed by atoms with Gasteiger partial charge in [-0.15, -0.1) is 0 Å². The van der Waals surface area contributed by atoms with Crippen molar-refractivity contribution in [3.63, 3.8) is 0 Å². The molecule has 106 valence electrons. The molecule has 1 aromatic heterocycles. The number of hydrogen-bond donors (Lipinski definition) is 1. The zero-order valence-corrected chi connectivity index (χ0v) is 12.0. The van der Waals surface area contributed by atoms with Crippen LogP contribution in [0.4, 0.5) is 18.9 Å². The molecule has 0 aromatic carbocycles. The maximum atomic E-state index is 12.2. The van der Waals surface area contributed by atoms with Crippen LogP contribution < -0.4 is 10.9 Å². The van der Waals surface area contributed by atoms with Gasteiger partial charge >= 0.3 is 6.18 Å². The van der Waals surface area contributed by atoms with Gasteiger partial charge in [-0.3, -0.25) is 4.79 Å². The van der Waals surface area contributed by atoms with Crippen LogP contribution in [0.1, 0.15) is 13.8 Å². The molecule has 19 heavy (non-hydrogen) atoms. The third-order valence-corrected chi connectivity index (χ3v) is 2.88. The maximum absolute atomic E-state index is 12.2. The van der Waals surface area contributed by atoms with Crippen LogP contribution in [-0.4, -0.2) is 22.5 Å². The highest BCUT2D eigenvalue weighted by Gasteiger charge is 2.29. The summed E-state index contributed by atoms with van der Waals surface area (Å²) in [5.41, 5.74) is 0.627. The standard InChI is InChI=1S/C11H13BrF3N3O/c1-7(2)3-4-16-8-5-17-18(6-11(13,14)15)10(19)9(8)12/h3,5,16H,4,6H2,1-2H3. The van der Waals surface area contributed by atoms with E-state index in [2.05, 4.69) is 26.3 Å². The second-order valence-corrected chi connectivity index (χ2v) is 4.91. The first-order valence-corrected chi connectivity index (χ1v) is 6.19. The Morgan fingerprint density at radius 3 is 2.68 bits per heavy atom. The van der Waals surface area contributed by atoms with Crippen molar-refractivity contribution in [3.8, 4) is 0 Å². The molecule has 4 nitrogen and oxygen atoms in total. The number of nitrogens with one attached hydrogen (secondary N) is 1. The lowest BCUT2D eigenvalue weighted by Gasteiger charge is -2.11. The molecule has 0 bridgehead atoms. The van der Waals surface area contributed by atoms with Gasteiger partial charge in [0.05, 0.1) is 11.9 Å². The summed E-state index contributed by atoms with van der Waals surface area (Å²) in [7, 11) is 0. The molecule has 0 saturated heterocycles. The number of alkyl halides is 3. The molecule has 1 N–H and O–H groups in total. The van der Waals surface area contributed by atoms with Gasteiger partial charge in [0.25, 0.3) is 5.56 Å². The number of anilines is 1. The fraction of sp³-hybridized carbons (Fsp3) is 0.455. The van der Waals surface area contributed by atoms with Crippen molar-refractivity contribution >= 4 is 21.6 Å². The molecule has 0 spiro atoms. The summed E-state index contributed by atoms with van der Waals surface area (Å²) >= 11 is 2.98. The van der Waals surface area contributed by atoms with Crippen LogP contribution >= 0.6 is 15.9 Å². The maximum Gasteiger partial charge on any atom is 0.408 e. The molecule has 1 heterocycles. The Morgan fingerprint density at radius 1 is 1.53 bits per heavy atom. The van der Waals surface area contributed by atoms with Gasteiger partial charge < -0.3 is 5.32 Å². The summed E-state index contributed by atoms with van der Waals surface area (Å²) < 4.78 is 37.0. The molecule has 0 aliphatic carbocycles. The van der Waals surface area contributed by atoms with Crippen LogP contribution in [0.5, 0.6) is 0 Å². The molecule has 0 radical (unpaired) electrons. The fourth-order valence-electron chi connectivity index (χ4n) is 1.24. The largest absolute Gasteiger partial charge is 0.408 e. The van der Waals surface area contributed by atoms with Gasteiger partial charge in [-0.1, -0.05) is 11.6 Å². The fourth-order valence-corrected chi connectivity index (χ4v) is 1.68. The molecular formula is C11H13BrF3N3O. The predicted molar refractivity (Wildman–Crippen MR) is 70.2 cm³/mol. The highest BCUT2D eigenvalue weighted by atomic mass is 79.9. The van der Waals surface area contributed by atoms with E-state index in [4.69, 9.17) is 0 Å². The molecule has 1 rings (SSSR count). The second-order valence-electron chi connectivity index (χ2n) is 4.11. The molecule has 0 aliphatic rings. The van der Waals surface area contributed by atoms with Gasteiger partial charge in [0.1, 0.15) is 11.0 Å². The minimum absolute atomic E-state index is 0.0360. The highest BCUT2D eigenvalue weighted by molar-refractivity contribution is 9.10.